The van der Waals surface area contributed by atoms with Crippen LogP contribution < -0.4 is 10.6 Å². The number of aryl methyl sites for hydroxylation is 1. The molecule has 0 spiro atoms. The molecule has 0 atom stereocenters. The maximum absolute atomic E-state index is 11.5. The minimum atomic E-state index is -0.175. The van der Waals surface area contributed by atoms with Gasteiger partial charge in [0.15, 0.2) is 0 Å². The summed E-state index contributed by atoms with van der Waals surface area (Å²) in [7, 11) is 1.84. The van der Waals surface area contributed by atoms with Gasteiger partial charge in [0.05, 0.1) is 6.20 Å². The summed E-state index contributed by atoms with van der Waals surface area (Å²) in [6, 6.07) is -0.175. The first-order valence-electron chi connectivity index (χ1n) is 6.53. The molecule has 1 rings (SSSR count). The average Bonchev–Trinajstić information content (AvgIpc) is 2.78. The van der Waals surface area contributed by atoms with Gasteiger partial charge in [-0.1, -0.05) is 13.8 Å². The Hall–Kier alpha value is -1.56. The number of carbonyl (C=O) groups is 1. The fourth-order valence-electron chi connectivity index (χ4n) is 1.66. The van der Waals surface area contributed by atoms with Gasteiger partial charge in [-0.05, 0) is 18.3 Å². The molecule has 6 nitrogen and oxygen atoms in total. The molecular weight excluding hydrogens is 244 g/mol. The van der Waals surface area contributed by atoms with E-state index >= 15 is 0 Å². The second kappa shape index (κ2) is 7.13. The first-order valence-corrected chi connectivity index (χ1v) is 6.53. The summed E-state index contributed by atoms with van der Waals surface area (Å²) in [6.07, 6.45) is 5.33. The number of nitrogens with one attached hydrogen (secondary N) is 2. The third-order valence-electron chi connectivity index (χ3n) is 2.96. The summed E-state index contributed by atoms with van der Waals surface area (Å²) < 4.78 is 1.70. The Morgan fingerprint density at radius 1 is 1.47 bits per heavy atom. The fraction of sp³-hybridized carbons (Fsp3) is 0.692. The van der Waals surface area contributed by atoms with E-state index in [9.17, 15) is 4.79 Å². The molecule has 0 saturated carbocycles. The monoisotopic (exact) mass is 268 g/mol. The number of aliphatic hydroxyl groups is 1. The van der Waals surface area contributed by atoms with Crippen molar-refractivity contribution in [3.8, 4) is 0 Å². The quantitative estimate of drug-likeness (QED) is 0.646. The molecule has 0 aliphatic rings. The Labute approximate surface area is 114 Å². The molecule has 1 heterocycles. The van der Waals surface area contributed by atoms with E-state index in [1.807, 2.05) is 27.1 Å². The summed E-state index contributed by atoms with van der Waals surface area (Å²) in [6.45, 7) is 5.27. The number of hydrogen-bond acceptors (Lipinski definition) is 3. The maximum Gasteiger partial charge on any atom is 0.315 e. The number of carbonyl (C=O) groups excluding carboxylic acids is 1. The van der Waals surface area contributed by atoms with Crippen molar-refractivity contribution in [1.29, 1.82) is 0 Å². The summed E-state index contributed by atoms with van der Waals surface area (Å²) in [4.78, 5) is 11.5. The van der Waals surface area contributed by atoms with Gasteiger partial charge in [-0.2, -0.15) is 5.10 Å². The predicted molar refractivity (Wildman–Crippen MR) is 73.5 cm³/mol. The highest BCUT2D eigenvalue weighted by molar-refractivity contribution is 5.73. The Morgan fingerprint density at radius 3 is 2.79 bits per heavy atom. The van der Waals surface area contributed by atoms with Gasteiger partial charge < -0.3 is 15.7 Å². The zero-order valence-corrected chi connectivity index (χ0v) is 11.9. The van der Waals surface area contributed by atoms with Crippen molar-refractivity contribution in [2.75, 3.05) is 13.2 Å². The van der Waals surface area contributed by atoms with Crippen LogP contribution in [0.2, 0.25) is 0 Å². The third kappa shape index (κ3) is 6.24. The first-order chi connectivity index (χ1) is 8.93. The standard InChI is InChI=1S/C13H24N4O2/c1-13(2,10-18)5-4-6-14-12(19)15-7-11-8-16-17(3)9-11/h8-9,18H,4-7,10H2,1-3H3,(H2,14,15,19). The molecule has 2 amide bonds. The van der Waals surface area contributed by atoms with Crippen molar-refractivity contribution >= 4 is 6.03 Å². The van der Waals surface area contributed by atoms with Crippen LogP contribution in [0.25, 0.3) is 0 Å². The number of hydrogen-bond donors (Lipinski definition) is 3. The van der Waals surface area contributed by atoms with Gasteiger partial charge in [0.1, 0.15) is 0 Å². The maximum atomic E-state index is 11.5. The largest absolute Gasteiger partial charge is 0.396 e. The first kappa shape index (κ1) is 15.5. The zero-order chi connectivity index (χ0) is 14.3. The highest BCUT2D eigenvalue weighted by Gasteiger charge is 2.15. The number of aliphatic hydroxyl groups excluding tert-OH is 1. The molecule has 0 aromatic carbocycles. The molecule has 6 heteroatoms. The summed E-state index contributed by atoms with van der Waals surface area (Å²) in [5.74, 6) is 0. The van der Waals surface area contributed by atoms with E-state index < -0.39 is 0 Å². The van der Waals surface area contributed by atoms with Crippen LogP contribution in [0.5, 0.6) is 0 Å². The van der Waals surface area contributed by atoms with Crippen molar-refractivity contribution in [2.45, 2.75) is 33.2 Å². The van der Waals surface area contributed by atoms with E-state index in [1.165, 1.54) is 0 Å². The van der Waals surface area contributed by atoms with Crippen molar-refractivity contribution in [3.63, 3.8) is 0 Å². The SMILES string of the molecule is Cn1cc(CNC(=O)NCCCC(C)(C)CO)cn1. The molecule has 1 aromatic rings. The molecule has 1 aromatic heterocycles. The molecule has 108 valence electrons. The van der Waals surface area contributed by atoms with E-state index in [0.29, 0.717) is 13.1 Å². The lowest BCUT2D eigenvalue weighted by Crippen LogP contribution is -2.35. The van der Waals surface area contributed by atoms with Crippen LogP contribution in [0.3, 0.4) is 0 Å². The average molecular weight is 268 g/mol. The van der Waals surface area contributed by atoms with Gasteiger partial charge in [-0.15, -0.1) is 0 Å². The predicted octanol–water partition coefficient (Wildman–Crippen LogP) is 1.02. The highest BCUT2D eigenvalue weighted by Crippen LogP contribution is 2.20. The zero-order valence-electron chi connectivity index (χ0n) is 11.9. The fourth-order valence-corrected chi connectivity index (χ4v) is 1.66. The van der Waals surface area contributed by atoms with Gasteiger partial charge in [-0.25, -0.2) is 4.79 Å². The van der Waals surface area contributed by atoms with Gasteiger partial charge in [-0.3, -0.25) is 4.68 Å². The van der Waals surface area contributed by atoms with E-state index in [4.69, 9.17) is 5.11 Å². The smallest absolute Gasteiger partial charge is 0.315 e. The summed E-state index contributed by atoms with van der Waals surface area (Å²) in [5.41, 5.74) is 0.896. The van der Waals surface area contributed by atoms with Crippen molar-refractivity contribution in [1.82, 2.24) is 20.4 Å². The second-order valence-corrected chi connectivity index (χ2v) is 5.56. The second-order valence-electron chi connectivity index (χ2n) is 5.56. The highest BCUT2D eigenvalue weighted by atomic mass is 16.3. The molecule has 19 heavy (non-hydrogen) atoms. The molecule has 0 bridgehead atoms. The topological polar surface area (TPSA) is 79.2 Å². The van der Waals surface area contributed by atoms with Crippen LogP contribution in [0.15, 0.2) is 12.4 Å². The van der Waals surface area contributed by atoms with E-state index in [2.05, 4.69) is 15.7 Å². The number of amides is 2. The molecule has 0 unspecified atom stereocenters. The third-order valence-corrected chi connectivity index (χ3v) is 2.96. The summed E-state index contributed by atoms with van der Waals surface area (Å²) in [5, 5.41) is 18.7. The lowest BCUT2D eigenvalue weighted by atomic mass is 9.89. The van der Waals surface area contributed by atoms with E-state index in [0.717, 1.165) is 18.4 Å². The minimum absolute atomic E-state index is 0.0755. The van der Waals surface area contributed by atoms with Gasteiger partial charge in [0, 0.05) is 38.5 Å². The molecular formula is C13H24N4O2. The molecule has 0 radical (unpaired) electrons. The Kier molecular flexibility index (Phi) is 5.82. The van der Waals surface area contributed by atoms with Crippen molar-refractivity contribution < 1.29 is 9.90 Å². The number of rotatable bonds is 7. The number of aromatic nitrogens is 2. The Bertz CT molecular complexity index is 401. The van der Waals surface area contributed by atoms with Crippen LogP contribution in [-0.2, 0) is 13.6 Å². The molecule has 0 aliphatic carbocycles. The van der Waals surface area contributed by atoms with Gasteiger partial charge in [0.25, 0.3) is 0 Å². The Morgan fingerprint density at radius 2 is 2.21 bits per heavy atom. The Balaban J connectivity index is 2.11. The van der Waals surface area contributed by atoms with E-state index in [-0.39, 0.29) is 18.1 Å². The summed E-state index contributed by atoms with van der Waals surface area (Å²) >= 11 is 0. The molecule has 3 N–H and O–H groups in total. The normalized spacial score (nSPS) is 11.4. The van der Waals surface area contributed by atoms with Crippen LogP contribution >= 0.6 is 0 Å². The van der Waals surface area contributed by atoms with E-state index in [1.54, 1.807) is 10.9 Å². The van der Waals surface area contributed by atoms with Crippen LogP contribution in [0, 0.1) is 5.41 Å². The molecule has 0 saturated heterocycles. The van der Waals surface area contributed by atoms with Crippen LogP contribution in [0.4, 0.5) is 4.79 Å². The number of nitrogens with zero attached hydrogens (tertiary/aromatic N) is 2. The van der Waals surface area contributed by atoms with Crippen molar-refractivity contribution in [3.05, 3.63) is 18.0 Å². The lowest BCUT2D eigenvalue weighted by Gasteiger charge is -2.21. The minimum Gasteiger partial charge on any atom is -0.396 e. The molecule has 0 aliphatic heterocycles. The molecule has 0 fully saturated rings. The van der Waals surface area contributed by atoms with Gasteiger partial charge >= 0.3 is 6.03 Å². The van der Waals surface area contributed by atoms with Crippen molar-refractivity contribution in [2.24, 2.45) is 12.5 Å². The van der Waals surface area contributed by atoms with Crippen LogP contribution in [0.1, 0.15) is 32.3 Å². The number of urea groups is 1. The lowest BCUT2D eigenvalue weighted by molar-refractivity contribution is 0.148. The van der Waals surface area contributed by atoms with Gasteiger partial charge in [0.2, 0.25) is 0 Å². The van der Waals surface area contributed by atoms with Crippen LogP contribution in [-0.4, -0.2) is 34.1 Å².